The summed E-state index contributed by atoms with van der Waals surface area (Å²) in [6, 6.07) is 20.4. The molecule has 7 heteroatoms. The zero-order valence-electron chi connectivity index (χ0n) is 16.8. The van der Waals surface area contributed by atoms with E-state index in [0.29, 0.717) is 27.0 Å². The third kappa shape index (κ3) is 4.74. The van der Waals surface area contributed by atoms with Gasteiger partial charge in [-0.2, -0.15) is 0 Å². The Hall–Kier alpha value is -2.47. The standard InChI is InChI=1S/C24H20Cl2N2O2S/c1-2-15-3-10-19(11-4-15)28-22(29)14-31-24(28)16-5-8-18(9-6-16)27-23(30)20-12-7-17(25)13-21(20)26/h3-13,24H,2,14H2,1H3,(H,27,30). The molecular weight excluding hydrogens is 451 g/mol. The van der Waals surface area contributed by atoms with Crippen molar-refractivity contribution in [2.24, 2.45) is 0 Å². The van der Waals surface area contributed by atoms with E-state index < -0.39 is 0 Å². The molecule has 31 heavy (non-hydrogen) atoms. The topological polar surface area (TPSA) is 49.4 Å². The van der Waals surface area contributed by atoms with E-state index in [1.54, 1.807) is 23.9 Å². The molecule has 1 fully saturated rings. The number of amides is 2. The molecule has 0 saturated carbocycles. The van der Waals surface area contributed by atoms with Crippen LogP contribution in [0, 0.1) is 0 Å². The summed E-state index contributed by atoms with van der Waals surface area (Å²) in [5, 5.41) is 3.52. The van der Waals surface area contributed by atoms with Gasteiger partial charge in [0.25, 0.3) is 5.91 Å². The van der Waals surface area contributed by atoms with Crippen LogP contribution in [0.15, 0.2) is 66.7 Å². The summed E-state index contributed by atoms with van der Waals surface area (Å²) in [4.78, 5) is 26.9. The normalized spacial score (nSPS) is 15.9. The largest absolute Gasteiger partial charge is 0.322 e. The van der Waals surface area contributed by atoms with Crippen molar-refractivity contribution in [3.63, 3.8) is 0 Å². The fraction of sp³-hybridized carbons (Fsp3) is 0.167. The molecule has 158 valence electrons. The maximum atomic E-state index is 12.6. The van der Waals surface area contributed by atoms with Gasteiger partial charge in [0.15, 0.2) is 0 Å². The molecule has 3 aromatic rings. The minimum absolute atomic E-state index is 0.0917. The Morgan fingerprint density at radius 1 is 1.06 bits per heavy atom. The average Bonchev–Trinajstić information content (AvgIpc) is 3.15. The van der Waals surface area contributed by atoms with E-state index in [1.807, 2.05) is 41.3 Å². The lowest BCUT2D eigenvalue weighted by atomic mass is 10.1. The highest BCUT2D eigenvalue weighted by molar-refractivity contribution is 8.00. The van der Waals surface area contributed by atoms with Gasteiger partial charge in [0.2, 0.25) is 5.91 Å². The fourth-order valence-corrected chi connectivity index (χ4v) is 5.12. The van der Waals surface area contributed by atoms with Gasteiger partial charge in [-0.1, -0.05) is 54.4 Å². The van der Waals surface area contributed by atoms with Gasteiger partial charge in [-0.3, -0.25) is 14.5 Å². The lowest BCUT2D eigenvalue weighted by molar-refractivity contribution is -0.115. The number of halogens is 2. The summed E-state index contributed by atoms with van der Waals surface area (Å²) in [5.74, 6) is 0.222. The van der Waals surface area contributed by atoms with Crippen molar-refractivity contribution in [1.29, 1.82) is 0 Å². The lowest BCUT2D eigenvalue weighted by Gasteiger charge is -2.24. The van der Waals surface area contributed by atoms with Gasteiger partial charge in [-0.05, 0) is 60.0 Å². The van der Waals surface area contributed by atoms with Gasteiger partial charge in [0.05, 0.1) is 16.3 Å². The molecule has 1 aliphatic heterocycles. The summed E-state index contributed by atoms with van der Waals surface area (Å²) in [7, 11) is 0. The number of aryl methyl sites for hydroxylation is 1. The van der Waals surface area contributed by atoms with Crippen molar-refractivity contribution >= 4 is 58.2 Å². The fourth-order valence-electron chi connectivity index (χ4n) is 3.45. The number of hydrogen-bond acceptors (Lipinski definition) is 3. The molecule has 1 N–H and O–H groups in total. The van der Waals surface area contributed by atoms with E-state index in [1.165, 1.54) is 11.6 Å². The molecule has 1 unspecified atom stereocenters. The molecular formula is C24H20Cl2N2O2S. The van der Waals surface area contributed by atoms with Crippen LogP contribution in [0.25, 0.3) is 0 Å². The van der Waals surface area contributed by atoms with Crippen molar-refractivity contribution in [2.45, 2.75) is 18.7 Å². The molecule has 1 saturated heterocycles. The Labute approximate surface area is 195 Å². The van der Waals surface area contributed by atoms with E-state index in [-0.39, 0.29) is 17.2 Å². The Balaban J connectivity index is 1.51. The van der Waals surface area contributed by atoms with Crippen LogP contribution in [-0.4, -0.2) is 17.6 Å². The van der Waals surface area contributed by atoms with Gasteiger partial charge >= 0.3 is 0 Å². The van der Waals surface area contributed by atoms with Crippen LogP contribution in [0.1, 0.15) is 33.8 Å². The number of carbonyl (C=O) groups is 2. The highest BCUT2D eigenvalue weighted by Gasteiger charge is 2.34. The lowest BCUT2D eigenvalue weighted by Crippen LogP contribution is -2.27. The SMILES string of the molecule is CCc1ccc(N2C(=O)CSC2c2ccc(NC(=O)c3ccc(Cl)cc3Cl)cc2)cc1. The maximum Gasteiger partial charge on any atom is 0.257 e. The predicted octanol–water partition coefficient (Wildman–Crippen LogP) is 6.59. The van der Waals surface area contributed by atoms with Crippen molar-refractivity contribution in [3.05, 3.63) is 93.5 Å². The second kappa shape index (κ2) is 9.35. The van der Waals surface area contributed by atoms with Crippen LogP contribution in [-0.2, 0) is 11.2 Å². The molecule has 0 bridgehead atoms. The molecule has 1 heterocycles. The molecule has 4 nitrogen and oxygen atoms in total. The van der Waals surface area contributed by atoms with E-state index in [9.17, 15) is 9.59 Å². The van der Waals surface area contributed by atoms with Crippen LogP contribution in [0.5, 0.6) is 0 Å². The zero-order chi connectivity index (χ0) is 22.0. The minimum Gasteiger partial charge on any atom is -0.322 e. The van der Waals surface area contributed by atoms with Crippen LogP contribution in [0.2, 0.25) is 10.0 Å². The maximum absolute atomic E-state index is 12.6. The summed E-state index contributed by atoms with van der Waals surface area (Å²) in [6.07, 6.45) is 0.959. The first kappa shape index (κ1) is 21.8. The predicted molar refractivity (Wildman–Crippen MR) is 129 cm³/mol. The Morgan fingerprint density at radius 3 is 2.42 bits per heavy atom. The highest BCUT2D eigenvalue weighted by Crippen LogP contribution is 2.42. The molecule has 0 radical (unpaired) electrons. The Morgan fingerprint density at radius 2 is 1.77 bits per heavy atom. The van der Waals surface area contributed by atoms with Gasteiger partial charge in [-0.15, -0.1) is 11.8 Å². The van der Waals surface area contributed by atoms with Crippen LogP contribution < -0.4 is 10.2 Å². The number of nitrogens with zero attached hydrogens (tertiary/aromatic N) is 1. The van der Waals surface area contributed by atoms with Crippen LogP contribution in [0.4, 0.5) is 11.4 Å². The third-order valence-corrected chi connectivity index (χ3v) is 6.88. The van der Waals surface area contributed by atoms with Crippen molar-refractivity contribution in [1.82, 2.24) is 0 Å². The van der Waals surface area contributed by atoms with Gasteiger partial charge in [0, 0.05) is 16.4 Å². The van der Waals surface area contributed by atoms with Crippen molar-refractivity contribution < 1.29 is 9.59 Å². The first-order chi connectivity index (χ1) is 15.0. The first-order valence-corrected chi connectivity index (χ1v) is 11.7. The first-order valence-electron chi connectivity index (χ1n) is 9.85. The average molecular weight is 471 g/mol. The minimum atomic E-state index is -0.308. The smallest absolute Gasteiger partial charge is 0.257 e. The molecule has 0 aromatic heterocycles. The quantitative estimate of drug-likeness (QED) is 0.457. The summed E-state index contributed by atoms with van der Waals surface area (Å²) in [5.41, 5.74) is 4.13. The summed E-state index contributed by atoms with van der Waals surface area (Å²) >= 11 is 13.6. The molecule has 1 atom stereocenters. The van der Waals surface area contributed by atoms with Crippen LogP contribution in [0.3, 0.4) is 0 Å². The summed E-state index contributed by atoms with van der Waals surface area (Å²) in [6.45, 7) is 2.11. The number of nitrogens with one attached hydrogen (secondary N) is 1. The summed E-state index contributed by atoms with van der Waals surface area (Å²) < 4.78 is 0. The Kier molecular flexibility index (Phi) is 6.56. The van der Waals surface area contributed by atoms with Gasteiger partial charge in [0.1, 0.15) is 5.37 Å². The van der Waals surface area contributed by atoms with E-state index in [0.717, 1.165) is 17.7 Å². The van der Waals surface area contributed by atoms with E-state index >= 15 is 0 Å². The highest BCUT2D eigenvalue weighted by atomic mass is 35.5. The molecule has 0 aliphatic carbocycles. The second-order valence-electron chi connectivity index (χ2n) is 7.15. The van der Waals surface area contributed by atoms with Gasteiger partial charge < -0.3 is 5.32 Å². The number of thioether (sulfide) groups is 1. The number of hydrogen-bond donors (Lipinski definition) is 1. The number of rotatable bonds is 5. The van der Waals surface area contributed by atoms with Crippen LogP contribution >= 0.6 is 35.0 Å². The monoisotopic (exact) mass is 470 g/mol. The van der Waals surface area contributed by atoms with E-state index in [4.69, 9.17) is 23.2 Å². The van der Waals surface area contributed by atoms with Gasteiger partial charge in [-0.25, -0.2) is 0 Å². The van der Waals surface area contributed by atoms with E-state index in [2.05, 4.69) is 24.4 Å². The molecule has 3 aromatic carbocycles. The van der Waals surface area contributed by atoms with Crippen molar-refractivity contribution in [2.75, 3.05) is 16.0 Å². The molecule has 1 aliphatic rings. The third-order valence-electron chi connectivity index (χ3n) is 5.12. The molecule has 0 spiro atoms. The zero-order valence-corrected chi connectivity index (χ0v) is 19.1. The van der Waals surface area contributed by atoms with Crippen molar-refractivity contribution in [3.8, 4) is 0 Å². The Bertz CT molecular complexity index is 1120. The number of benzene rings is 3. The number of carbonyl (C=O) groups excluding carboxylic acids is 2. The second-order valence-corrected chi connectivity index (χ2v) is 9.06. The number of anilines is 2. The molecule has 4 rings (SSSR count). The molecule has 2 amide bonds.